The van der Waals surface area contributed by atoms with Gasteiger partial charge in [-0.15, -0.1) is 0 Å². The third kappa shape index (κ3) is 5.33. The van der Waals surface area contributed by atoms with Crippen molar-refractivity contribution < 1.29 is 52.7 Å². The number of halogens is 4. The van der Waals surface area contributed by atoms with E-state index in [0.717, 1.165) is 11.8 Å². The quantitative estimate of drug-likeness (QED) is 0.0854. The molecule has 1 saturated heterocycles. The highest BCUT2D eigenvalue weighted by Gasteiger charge is 2.73. The number of ether oxygens (including phenoxy) is 1. The number of alkyl halides is 4. The molecule has 16 nitrogen and oxygen atoms in total. The number of fused-ring (bicyclic) bond motifs is 1. The Hall–Kier alpha value is 0.230. The summed E-state index contributed by atoms with van der Waals surface area (Å²) in [7, 11) is -17.6. The Bertz CT molecular complexity index is 1340. The third-order valence-electron chi connectivity index (χ3n) is 5.06. The highest BCUT2D eigenvalue weighted by atomic mass is 35.5. The van der Waals surface area contributed by atoms with Crippen molar-refractivity contribution in [1.29, 1.82) is 0 Å². The Balaban J connectivity index is 1.84. The maximum atomic E-state index is 12.7. The molecular formula is C13H18Cl4N5O11P3S. The molecule has 0 aromatic carbocycles. The largest absolute Gasteiger partial charge is 0.387 e. The first kappa shape index (κ1) is 31.8. The van der Waals surface area contributed by atoms with Crippen LogP contribution in [0.1, 0.15) is 6.23 Å². The number of rotatable bonds is 9. The Morgan fingerprint density at radius 2 is 1.70 bits per heavy atom. The number of aliphatic hydroxyl groups is 2. The summed E-state index contributed by atoms with van der Waals surface area (Å²) >= 11 is 23.0. The van der Waals surface area contributed by atoms with Crippen LogP contribution in [0.25, 0.3) is 11.2 Å². The molecule has 0 spiro atoms. The first-order valence-electron chi connectivity index (χ1n) is 9.38. The molecule has 3 rings (SSSR count). The van der Waals surface area contributed by atoms with Crippen molar-refractivity contribution in [2.24, 2.45) is 0 Å². The van der Waals surface area contributed by atoms with E-state index < -0.39 is 61.3 Å². The first-order chi connectivity index (χ1) is 16.7. The van der Waals surface area contributed by atoms with E-state index in [1.807, 2.05) is 0 Å². The zero-order chi connectivity index (χ0) is 28.4. The molecule has 6 atom stereocenters. The van der Waals surface area contributed by atoms with Crippen LogP contribution in [0.2, 0.25) is 0 Å². The fourth-order valence-electron chi connectivity index (χ4n) is 3.05. The van der Waals surface area contributed by atoms with Crippen molar-refractivity contribution in [1.82, 2.24) is 19.5 Å². The Labute approximate surface area is 231 Å². The normalized spacial score (nSPS) is 26.8. The molecule has 0 bridgehead atoms. The number of thioether (sulfide) groups is 1. The van der Waals surface area contributed by atoms with Gasteiger partial charge in [0, 0.05) is 0 Å². The molecule has 1 aliphatic heterocycles. The summed E-state index contributed by atoms with van der Waals surface area (Å²) in [4.78, 5) is 51.0. The van der Waals surface area contributed by atoms with Gasteiger partial charge in [-0.05, 0) is 6.26 Å². The lowest BCUT2D eigenvalue weighted by molar-refractivity contribution is -0.0485. The van der Waals surface area contributed by atoms with Gasteiger partial charge < -0.3 is 44.8 Å². The number of imidazole rings is 1. The lowest BCUT2D eigenvalue weighted by Gasteiger charge is -2.35. The van der Waals surface area contributed by atoms with Gasteiger partial charge in [0.15, 0.2) is 22.8 Å². The molecule has 210 valence electrons. The van der Waals surface area contributed by atoms with Gasteiger partial charge in [0.25, 0.3) is 15.0 Å². The van der Waals surface area contributed by atoms with Gasteiger partial charge in [0.1, 0.15) is 23.8 Å². The molecule has 3 heterocycles. The maximum Gasteiger partial charge on any atom is 0.374 e. The van der Waals surface area contributed by atoms with E-state index in [0.29, 0.717) is 0 Å². The van der Waals surface area contributed by atoms with E-state index in [1.165, 1.54) is 10.9 Å². The molecule has 8 N–H and O–H groups in total. The summed E-state index contributed by atoms with van der Waals surface area (Å²) in [5, 5.41) is 21.2. The summed E-state index contributed by atoms with van der Waals surface area (Å²) in [6, 6.07) is 0. The van der Waals surface area contributed by atoms with Crippen LogP contribution < -0.4 is 5.73 Å². The van der Waals surface area contributed by atoms with Crippen LogP contribution in [-0.2, 0) is 23.0 Å². The molecule has 0 amide bonds. The molecule has 0 aliphatic carbocycles. The van der Waals surface area contributed by atoms with Gasteiger partial charge in [0.2, 0.25) is 0 Å². The smallest absolute Gasteiger partial charge is 0.374 e. The van der Waals surface area contributed by atoms with Gasteiger partial charge >= 0.3 is 15.2 Å². The van der Waals surface area contributed by atoms with Gasteiger partial charge in [0.05, 0.1) is 12.9 Å². The standard InChI is InChI=1S/C13H18Cl4N5O11P3S/c1-37-11-20-8(18)5-9(21-11)22(3-19-5)10-7(24)6(23)4(33-10)2-32-36(30,31)13(16,17)34(25,26)12(14,15)35(27,28)29/h3-4,6-7,10,23-24H,2H2,1H3,(H,25,26)(H,30,31)(H2,18,20,21)(H2,27,28,29)/t4-,6-,7-,10-/m1/s1. The number of hydrogen-bond acceptors (Lipinski definition) is 12. The fraction of sp³-hybridized carbons (Fsp3) is 0.615. The van der Waals surface area contributed by atoms with E-state index in [-0.39, 0.29) is 22.1 Å². The molecule has 24 heteroatoms. The summed E-state index contributed by atoms with van der Waals surface area (Å²) in [6.45, 7) is -1.07. The van der Waals surface area contributed by atoms with E-state index >= 15 is 0 Å². The van der Waals surface area contributed by atoms with Gasteiger partial charge in [-0.1, -0.05) is 58.2 Å². The highest BCUT2D eigenvalue weighted by molar-refractivity contribution is 7.98. The topological polar surface area (TPSA) is 261 Å². The zero-order valence-electron chi connectivity index (χ0n) is 17.9. The van der Waals surface area contributed by atoms with E-state index in [4.69, 9.17) is 56.9 Å². The Kier molecular flexibility index (Phi) is 9.07. The number of aromatic nitrogens is 4. The summed E-state index contributed by atoms with van der Waals surface area (Å²) in [5.41, 5.74) is 6.14. The number of hydrogen-bond donors (Lipinski definition) is 7. The number of anilines is 1. The summed E-state index contributed by atoms with van der Waals surface area (Å²) in [6.07, 6.45) is -3.51. The van der Waals surface area contributed by atoms with Gasteiger partial charge in [-0.3, -0.25) is 18.3 Å². The average Bonchev–Trinajstić information content (AvgIpc) is 3.32. The third-order valence-corrected chi connectivity index (χ3v) is 17.5. The second-order valence-corrected chi connectivity index (χ2v) is 19.9. The Morgan fingerprint density at radius 1 is 1.11 bits per heavy atom. The van der Waals surface area contributed by atoms with Crippen molar-refractivity contribution in [2.75, 3.05) is 18.6 Å². The van der Waals surface area contributed by atoms with Crippen LogP contribution >= 0.6 is 80.7 Å². The first-order valence-corrected chi connectivity index (χ1v) is 17.0. The molecule has 0 saturated carbocycles. The lowest BCUT2D eigenvalue weighted by Crippen LogP contribution is -2.34. The number of nitrogen functional groups attached to an aromatic ring is 1. The number of nitrogens with two attached hydrogens (primary N) is 1. The SMILES string of the molecule is CSc1nc(N)c2ncn([C@@H]3O[C@H](COP(=O)(O)C(Cl)(Cl)P(=O)(O)C(Cl)(Cl)P(=O)(O)O)[C@@H](O)[C@H]3O)c2n1. The molecule has 2 unspecified atom stereocenters. The molecule has 37 heavy (non-hydrogen) atoms. The van der Waals surface area contributed by atoms with Crippen LogP contribution in [0.4, 0.5) is 5.82 Å². The number of aliphatic hydroxyl groups excluding tert-OH is 2. The second kappa shape index (κ2) is 10.6. The van der Waals surface area contributed by atoms with Crippen LogP contribution in [0.3, 0.4) is 0 Å². The molecule has 2 aromatic heterocycles. The monoisotopic (exact) mass is 685 g/mol. The molecule has 1 fully saturated rings. The van der Waals surface area contributed by atoms with E-state index in [2.05, 4.69) is 19.5 Å². The molecule has 1 aliphatic rings. The maximum absolute atomic E-state index is 12.7. The van der Waals surface area contributed by atoms with Crippen molar-refractivity contribution in [3.63, 3.8) is 0 Å². The van der Waals surface area contributed by atoms with E-state index in [9.17, 15) is 43.5 Å². The van der Waals surface area contributed by atoms with Gasteiger partial charge in [-0.25, -0.2) is 15.0 Å². The summed E-state index contributed by atoms with van der Waals surface area (Å²) < 4.78 is 40.5. The van der Waals surface area contributed by atoms with E-state index in [1.54, 1.807) is 6.26 Å². The predicted molar refractivity (Wildman–Crippen MR) is 134 cm³/mol. The minimum atomic E-state index is -6.05. The minimum absolute atomic E-state index is 0.0289. The predicted octanol–water partition coefficient (Wildman–Crippen LogP) is 1.58. The average molecular weight is 687 g/mol. The zero-order valence-corrected chi connectivity index (χ0v) is 24.5. The van der Waals surface area contributed by atoms with Gasteiger partial charge in [-0.2, -0.15) is 0 Å². The second-order valence-electron chi connectivity index (χ2n) is 7.42. The lowest BCUT2D eigenvalue weighted by atomic mass is 10.1. The minimum Gasteiger partial charge on any atom is -0.387 e. The highest BCUT2D eigenvalue weighted by Crippen LogP contribution is 2.88. The molecule has 0 radical (unpaired) electrons. The van der Waals surface area contributed by atoms with Crippen molar-refractivity contribution >= 4 is 97.7 Å². The molecule has 2 aromatic rings. The van der Waals surface area contributed by atoms with Crippen molar-refractivity contribution in [2.45, 2.75) is 37.3 Å². The fourth-order valence-corrected chi connectivity index (χ4v) is 11.4. The summed E-state index contributed by atoms with van der Waals surface area (Å²) in [5.74, 6) is 0.0289. The van der Waals surface area contributed by atoms with Crippen molar-refractivity contribution in [3.05, 3.63) is 6.33 Å². The van der Waals surface area contributed by atoms with Crippen molar-refractivity contribution in [3.8, 4) is 0 Å². The Morgan fingerprint density at radius 3 is 2.24 bits per heavy atom. The molecular weight excluding hydrogens is 669 g/mol. The van der Waals surface area contributed by atoms with Crippen LogP contribution in [0, 0.1) is 0 Å². The van der Waals surface area contributed by atoms with Crippen LogP contribution in [0.5, 0.6) is 0 Å². The van der Waals surface area contributed by atoms with Crippen LogP contribution in [0.15, 0.2) is 11.5 Å². The number of nitrogens with zero attached hydrogens (tertiary/aromatic N) is 4. The van der Waals surface area contributed by atoms with Crippen LogP contribution in [-0.4, -0.2) is 88.1 Å².